The Balaban J connectivity index is 2.56. The number of nitrogens with two attached hydrogens (primary N) is 1. The number of nitrogens with one attached hydrogen (secondary N) is 1. The van der Waals surface area contributed by atoms with Crippen LogP contribution in [0.25, 0.3) is 0 Å². The molecule has 0 aromatic carbocycles. The smallest absolute Gasteiger partial charge is 0.0285 e. The summed E-state index contributed by atoms with van der Waals surface area (Å²) in [7, 11) is 1.97. The zero-order valence-corrected chi connectivity index (χ0v) is 10.1. The van der Waals surface area contributed by atoms with Crippen molar-refractivity contribution in [3.63, 3.8) is 0 Å². The van der Waals surface area contributed by atoms with Crippen molar-refractivity contribution in [2.45, 2.75) is 12.3 Å². The Hall–Kier alpha value is 0.1000. The maximum Gasteiger partial charge on any atom is 0.0285 e. The zero-order chi connectivity index (χ0) is 9.68. The van der Waals surface area contributed by atoms with E-state index < -0.39 is 0 Å². The van der Waals surface area contributed by atoms with Gasteiger partial charge in [0, 0.05) is 27.2 Å². The fourth-order valence-corrected chi connectivity index (χ4v) is 2.83. The van der Waals surface area contributed by atoms with Crippen molar-refractivity contribution in [2.75, 3.05) is 20.1 Å². The van der Waals surface area contributed by atoms with Gasteiger partial charge in [0.2, 0.25) is 0 Å². The second-order valence-corrected chi connectivity index (χ2v) is 4.85. The van der Waals surface area contributed by atoms with Crippen LogP contribution in [0.15, 0.2) is 15.9 Å². The predicted octanol–water partition coefficient (Wildman–Crippen LogP) is 2.16. The molecular weight excluding hydrogens is 248 g/mol. The lowest BCUT2D eigenvalue weighted by atomic mass is 10.0. The van der Waals surface area contributed by atoms with Gasteiger partial charge in [-0.05, 0) is 42.0 Å². The molecule has 0 saturated heterocycles. The molecule has 0 amide bonds. The molecule has 1 unspecified atom stereocenters. The van der Waals surface area contributed by atoms with E-state index in [-0.39, 0.29) is 0 Å². The van der Waals surface area contributed by atoms with Gasteiger partial charge in [-0.1, -0.05) is 0 Å². The highest BCUT2D eigenvalue weighted by atomic mass is 79.9. The van der Waals surface area contributed by atoms with Gasteiger partial charge in [0.1, 0.15) is 0 Å². The summed E-state index contributed by atoms with van der Waals surface area (Å²) in [6, 6.07) is 2.16. The van der Waals surface area contributed by atoms with Crippen LogP contribution in [0, 0.1) is 0 Å². The maximum absolute atomic E-state index is 5.72. The van der Waals surface area contributed by atoms with Crippen molar-refractivity contribution in [3.05, 3.63) is 20.8 Å². The molecule has 0 saturated carbocycles. The van der Waals surface area contributed by atoms with Crippen LogP contribution >= 0.6 is 27.3 Å². The first-order valence-corrected chi connectivity index (χ1v) is 6.03. The van der Waals surface area contributed by atoms with Crippen molar-refractivity contribution in [1.82, 2.24) is 5.32 Å². The van der Waals surface area contributed by atoms with Crippen LogP contribution < -0.4 is 11.1 Å². The summed E-state index contributed by atoms with van der Waals surface area (Å²) in [5.41, 5.74) is 5.72. The molecule has 2 nitrogen and oxygen atoms in total. The first-order chi connectivity index (χ1) is 6.27. The molecule has 0 aliphatic carbocycles. The molecule has 0 spiro atoms. The Morgan fingerprint density at radius 2 is 2.46 bits per heavy atom. The molecule has 1 atom stereocenters. The lowest BCUT2D eigenvalue weighted by molar-refractivity contribution is 0.611. The number of hydrogen-bond acceptors (Lipinski definition) is 3. The minimum Gasteiger partial charge on any atom is -0.330 e. The SMILES string of the molecule is CNCCC(CN)c1cc(Br)cs1. The molecule has 0 bridgehead atoms. The molecule has 0 aliphatic rings. The summed E-state index contributed by atoms with van der Waals surface area (Å²) in [6.07, 6.45) is 1.11. The normalized spacial score (nSPS) is 13.2. The fourth-order valence-electron chi connectivity index (χ4n) is 1.24. The first-order valence-electron chi connectivity index (χ1n) is 4.36. The van der Waals surface area contributed by atoms with E-state index in [1.807, 2.05) is 7.05 Å². The van der Waals surface area contributed by atoms with Gasteiger partial charge in [-0.2, -0.15) is 0 Å². The van der Waals surface area contributed by atoms with E-state index in [1.54, 1.807) is 11.3 Å². The largest absolute Gasteiger partial charge is 0.330 e. The minimum atomic E-state index is 0.503. The van der Waals surface area contributed by atoms with E-state index in [1.165, 1.54) is 4.88 Å². The van der Waals surface area contributed by atoms with Gasteiger partial charge in [0.15, 0.2) is 0 Å². The predicted molar refractivity (Wildman–Crippen MR) is 62.4 cm³/mol. The van der Waals surface area contributed by atoms with E-state index in [2.05, 4.69) is 32.7 Å². The Kier molecular flexibility index (Phi) is 4.94. The van der Waals surface area contributed by atoms with E-state index in [0.717, 1.165) is 24.0 Å². The quantitative estimate of drug-likeness (QED) is 0.854. The summed E-state index contributed by atoms with van der Waals surface area (Å²) < 4.78 is 1.16. The third-order valence-corrected chi connectivity index (χ3v) is 3.87. The third kappa shape index (κ3) is 3.38. The number of halogens is 1. The monoisotopic (exact) mass is 262 g/mol. The minimum absolute atomic E-state index is 0.503. The summed E-state index contributed by atoms with van der Waals surface area (Å²) in [6.45, 7) is 1.76. The van der Waals surface area contributed by atoms with Gasteiger partial charge in [-0.3, -0.25) is 0 Å². The van der Waals surface area contributed by atoms with Gasteiger partial charge in [-0.25, -0.2) is 0 Å². The van der Waals surface area contributed by atoms with Crippen molar-refractivity contribution < 1.29 is 0 Å². The Morgan fingerprint density at radius 3 is 2.92 bits per heavy atom. The zero-order valence-electron chi connectivity index (χ0n) is 7.72. The Morgan fingerprint density at radius 1 is 1.69 bits per heavy atom. The van der Waals surface area contributed by atoms with Gasteiger partial charge in [0.25, 0.3) is 0 Å². The lowest BCUT2D eigenvalue weighted by Crippen LogP contribution is -2.17. The van der Waals surface area contributed by atoms with E-state index in [0.29, 0.717) is 5.92 Å². The molecule has 1 heterocycles. The van der Waals surface area contributed by atoms with Crippen LogP contribution in [-0.4, -0.2) is 20.1 Å². The molecule has 3 N–H and O–H groups in total. The van der Waals surface area contributed by atoms with Crippen molar-refractivity contribution in [2.24, 2.45) is 5.73 Å². The van der Waals surface area contributed by atoms with Crippen LogP contribution in [0.3, 0.4) is 0 Å². The van der Waals surface area contributed by atoms with Crippen LogP contribution in [0.4, 0.5) is 0 Å². The highest BCUT2D eigenvalue weighted by Crippen LogP contribution is 2.28. The van der Waals surface area contributed by atoms with Gasteiger partial charge in [-0.15, -0.1) is 11.3 Å². The molecule has 74 valence electrons. The molecule has 1 aromatic heterocycles. The Bertz CT molecular complexity index is 250. The molecule has 0 fully saturated rings. The van der Waals surface area contributed by atoms with E-state index >= 15 is 0 Å². The van der Waals surface area contributed by atoms with Crippen molar-refractivity contribution in [1.29, 1.82) is 0 Å². The van der Waals surface area contributed by atoms with Crippen LogP contribution in [0.1, 0.15) is 17.2 Å². The standard InChI is InChI=1S/C9H15BrN2S/c1-12-3-2-7(5-11)9-4-8(10)6-13-9/h4,6-7,12H,2-3,5,11H2,1H3. The number of thiophene rings is 1. The lowest BCUT2D eigenvalue weighted by Gasteiger charge is -2.11. The van der Waals surface area contributed by atoms with E-state index in [4.69, 9.17) is 5.73 Å². The topological polar surface area (TPSA) is 38.0 Å². The molecule has 13 heavy (non-hydrogen) atoms. The van der Waals surface area contributed by atoms with Crippen LogP contribution in [0.2, 0.25) is 0 Å². The van der Waals surface area contributed by atoms with Crippen LogP contribution in [0.5, 0.6) is 0 Å². The molecule has 0 aliphatic heterocycles. The van der Waals surface area contributed by atoms with Crippen LogP contribution in [-0.2, 0) is 0 Å². The molecular formula is C9H15BrN2S. The fraction of sp³-hybridized carbons (Fsp3) is 0.556. The summed E-state index contributed by atoms with van der Waals surface area (Å²) in [5, 5.41) is 5.25. The highest BCUT2D eigenvalue weighted by Gasteiger charge is 2.10. The molecule has 1 rings (SSSR count). The summed E-state index contributed by atoms with van der Waals surface area (Å²) in [5.74, 6) is 0.503. The summed E-state index contributed by atoms with van der Waals surface area (Å²) >= 11 is 5.23. The number of rotatable bonds is 5. The highest BCUT2D eigenvalue weighted by molar-refractivity contribution is 9.10. The summed E-state index contributed by atoms with van der Waals surface area (Å²) in [4.78, 5) is 1.38. The molecule has 1 aromatic rings. The van der Waals surface area contributed by atoms with Gasteiger partial charge in [0.05, 0.1) is 0 Å². The first kappa shape index (κ1) is 11.2. The second-order valence-electron chi connectivity index (χ2n) is 2.99. The average molecular weight is 263 g/mol. The average Bonchev–Trinajstić information content (AvgIpc) is 2.54. The Labute approximate surface area is 91.7 Å². The third-order valence-electron chi connectivity index (χ3n) is 2.02. The van der Waals surface area contributed by atoms with Crippen molar-refractivity contribution >= 4 is 27.3 Å². The van der Waals surface area contributed by atoms with Gasteiger partial charge >= 0.3 is 0 Å². The molecule has 0 radical (unpaired) electrons. The second kappa shape index (κ2) is 5.75. The van der Waals surface area contributed by atoms with Crippen molar-refractivity contribution in [3.8, 4) is 0 Å². The van der Waals surface area contributed by atoms with E-state index in [9.17, 15) is 0 Å². The van der Waals surface area contributed by atoms with Gasteiger partial charge < -0.3 is 11.1 Å². The number of hydrogen-bond donors (Lipinski definition) is 2. The maximum atomic E-state index is 5.72. The molecule has 4 heteroatoms.